The Kier molecular flexibility index (Phi) is 4.51. The standard InChI is InChI=1S/C14H22N2O/c1-3-15-13(10-17-4-2)12-8-7-11-6-5-9-16-14(11)12/h5-6,9,12-13,15H,3-4,7-8,10H2,1-2H3. The number of rotatable bonds is 6. The second kappa shape index (κ2) is 6.12. The maximum atomic E-state index is 5.59. The third-order valence-corrected chi connectivity index (χ3v) is 3.46. The molecule has 0 bridgehead atoms. The van der Waals surface area contributed by atoms with Crippen molar-refractivity contribution in [1.29, 1.82) is 0 Å². The molecule has 1 aromatic heterocycles. The first-order valence-electron chi connectivity index (χ1n) is 6.61. The number of likely N-dealkylation sites (N-methyl/N-ethyl adjacent to an activating group) is 1. The summed E-state index contributed by atoms with van der Waals surface area (Å²) in [4.78, 5) is 4.56. The number of fused-ring (bicyclic) bond motifs is 1. The SMILES string of the molecule is CCNC(COCC)C1CCc2cccnc21. The molecule has 2 unspecified atom stereocenters. The van der Waals surface area contributed by atoms with Gasteiger partial charge in [0.2, 0.25) is 0 Å². The van der Waals surface area contributed by atoms with Gasteiger partial charge >= 0.3 is 0 Å². The van der Waals surface area contributed by atoms with Gasteiger partial charge in [0, 0.05) is 30.5 Å². The lowest BCUT2D eigenvalue weighted by Crippen LogP contribution is -2.38. The van der Waals surface area contributed by atoms with E-state index < -0.39 is 0 Å². The molecule has 0 aliphatic heterocycles. The van der Waals surface area contributed by atoms with Gasteiger partial charge in [0.25, 0.3) is 0 Å². The molecule has 94 valence electrons. The molecule has 0 amide bonds. The van der Waals surface area contributed by atoms with Gasteiger partial charge in [-0.2, -0.15) is 0 Å². The lowest BCUT2D eigenvalue weighted by molar-refractivity contribution is 0.114. The molecule has 1 aliphatic carbocycles. The van der Waals surface area contributed by atoms with Crippen LogP contribution >= 0.6 is 0 Å². The predicted octanol–water partition coefficient (Wildman–Crippen LogP) is 2.13. The van der Waals surface area contributed by atoms with E-state index in [1.54, 1.807) is 0 Å². The monoisotopic (exact) mass is 234 g/mol. The fraction of sp³-hybridized carbons (Fsp3) is 0.643. The number of hydrogen-bond acceptors (Lipinski definition) is 3. The summed E-state index contributed by atoms with van der Waals surface area (Å²) in [7, 11) is 0. The lowest BCUT2D eigenvalue weighted by Gasteiger charge is -2.24. The molecule has 1 aliphatic rings. The van der Waals surface area contributed by atoms with E-state index in [1.165, 1.54) is 17.7 Å². The van der Waals surface area contributed by atoms with Crippen LogP contribution in [0.3, 0.4) is 0 Å². The summed E-state index contributed by atoms with van der Waals surface area (Å²) in [5.41, 5.74) is 2.69. The molecule has 17 heavy (non-hydrogen) atoms. The van der Waals surface area contributed by atoms with Crippen LogP contribution in [0, 0.1) is 0 Å². The summed E-state index contributed by atoms with van der Waals surface area (Å²) >= 11 is 0. The highest BCUT2D eigenvalue weighted by Gasteiger charge is 2.30. The summed E-state index contributed by atoms with van der Waals surface area (Å²) in [5.74, 6) is 0.512. The minimum absolute atomic E-state index is 0.399. The zero-order valence-corrected chi connectivity index (χ0v) is 10.8. The van der Waals surface area contributed by atoms with Gasteiger partial charge in [0.15, 0.2) is 0 Å². The minimum Gasteiger partial charge on any atom is -0.380 e. The third kappa shape index (κ3) is 2.85. The second-order valence-electron chi connectivity index (χ2n) is 4.52. The normalized spacial score (nSPS) is 20.2. The Morgan fingerprint density at radius 2 is 2.41 bits per heavy atom. The molecular weight excluding hydrogens is 212 g/mol. The summed E-state index contributed by atoms with van der Waals surface area (Å²) in [6.07, 6.45) is 4.25. The quantitative estimate of drug-likeness (QED) is 0.818. The lowest BCUT2D eigenvalue weighted by atomic mass is 9.97. The Balaban J connectivity index is 2.09. The number of hydrogen-bond donors (Lipinski definition) is 1. The molecule has 2 atom stereocenters. The van der Waals surface area contributed by atoms with Crippen LogP contribution in [-0.2, 0) is 11.2 Å². The fourth-order valence-corrected chi connectivity index (χ4v) is 2.66. The average molecular weight is 234 g/mol. The molecule has 1 N–H and O–H groups in total. The van der Waals surface area contributed by atoms with Crippen molar-refractivity contribution in [2.75, 3.05) is 19.8 Å². The van der Waals surface area contributed by atoms with E-state index in [0.29, 0.717) is 12.0 Å². The van der Waals surface area contributed by atoms with Crippen molar-refractivity contribution < 1.29 is 4.74 Å². The van der Waals surface area contributed by atoms with Gasteiger partial charge < -0.3 is 10.1 Å². The van der Waals surface area contributed by atoms with E-state index in [1.807, 2.05) is 19.2 Å². The predicted molar refractivity (Wildman–Crippen MR) is 69.3 cm³/mol. The molecule has 0 saturated heterocycles. The van der Waals surface area contributed by atoms with Gasteiger partial charge in [0.05, 0.1) is 6.61 Å². The Morgan fingerprint density at radius 1 is 1.53 bits per heavy atom. The van der Waals surface area contributed by atoms with Gasteiger partial charge in [-0.15, -0.1) is 0 Å². The molecule has 3 nitrogen and oxygen atoms in total. The number of nitrogens with one attached hydrogen (secondary N) is 1. The number of aryl methyl sites for hydroxylation is 1. The highest BCUT2D eigenvalue weighted by molar-refractivity contribution is 5.30. The highest BCUT2D eigenvalue weighted by atomic mass is 16.5. The number of nitrogens with zero attached hydrogens (tertiary/aromatic N) is 1. The number of pyridine rings is 1. The molecule has 0 spiro atoms. The topological polar surface area (TPSA) is 34.1 Å². The minimum atomic E-state index is 0.399. The summed E-state index contributed by atoms with van der Waals surface area (Å²) in [5, 5.41) is 3.54. The van der Waals surface area contributed by atoms with Gasteiger partial charge in [-0.25, -0.2) is 0 Å². The maximum absolute atomic E-state index is 5.59. The first-order chi connectivity index (χ1) is 8.36. The summed E-state index contributed by atoms with van der Waals surface area (Å²) < 4.78 is 5.59. The van der Waals surface area contributed by atoms with Crippen LogP contribution in [0.4, 0.5) is 0 Å². The number of ether oxygens (including phenoxy) is 1. The van der Waals surface area contributed by atoms with E-state index in [9.17, 15) is 0 Å². The Hall–Kier alpha value is -0.930. The van der Waals surface area contributed by atoms with Crippen LogP contribution in [0.2, 0.25) is 0 Å². The van der Waals surface area contributed by atoms with Gasteiger partial charge in [-0.05, 0) is 37.9 Å². The van der Waals surface area contributed by atoms with Crippen molar-refractivity contribution in [3.63, 3.8) is 0 Å². The Bertz CT molecular complexity index is 354. The summed E-state index contributed by atoms with van der Waals surface area (Å²) in [6.45, 7) is 6.74. The van der Waals surface area contributed by atoms with Gasteiger partial charge in [-0.1, -0.05) is 13.0 Å². The molecular formula is C14H22N2O. The van der Waals surface area contributed by atoms with E-state index in [4.69, 9.17) is 4.74 Å². The van der Waals surface area contributed by atoms with Gasteiger partial charge in [0.1, 0.15) is 0 Å². The Morgan fingerprint density at radius 3 is 3.18 bits per heavy atom. The largest absolute Gasteiger partial charge is 0.380 e. The van der Waals surface area contributed by atoms with Crippen LogP contribution in [0.15, 0.2) is 18.3 Å². The molecule has 0 saturated carbocycles. The fourth-order valence-electron chi connectivity index (χ4n) is 2.66. The average Bonchev–Trinajstić information content (AvgIpc) is 2.78. The molecule has 0 aromatic carbocycles. The molecule has 2 rings (SSSR count). The van der Waals surface area contributed by atoms with Crippen molar-refractivity contribution in [2.24, 2.45) is 0 Å². The van der Waals surface area contributed by atoms with Crippen molar-refractivity contribution >= 4 is 0 Å². The third-order valence-electron chi connectivity index (χ3n) is 3.46. The molecule has 1 heterocycles. The summed E-state index contributed by atoms with van der Waals surface area (Å²) in [6, 6.07) is 4.63. The van der Waals surface area contributed by atoms with Crippen molar-refractivity contribution in [1.82, 2.24) is 10.3 Å². The molecule has 1 aromatic rings. The number of aromatic nitrogens is 1. The van der Waals surface area contributed by atoms with E-state index in [0.717, 1.165) is 26.2 Å². The van der Waals surface area contributed by atoms with Crippen molar-refractivity contribution in [2.45, 2.75) is 38.6 Å². The highest BCUT2D eigenvalue weighted by Crippen LogP contribution is 2.33. The molecule has 0 fully saturated rings. The Labute approximate surface area is 104 Å². The first-order valence-corrected chi connectivity index (χ1v) is 6.61. The van der Waals surface area contributed by atoms with Crippen LogP contribution in [0.25, 0.3) is 0 Å². The van der Waals surface area contributed by atoms with Crippen LogP contribution in [0.1, 0.15) is 37.4 Å². The van der Waals surface area contributed by atoms with Crippen LogP contribution < -0.4 is 5.32 Å². The first kappa shape index (κ1) is 12.5. The smallest absolute Gasteiger partial charge is 0.0626 e. The molecule has 0 radical (unpaired) electrons. The zero-order valence-electron chi connectivity index (χ0n) is 10.8. The molecule has 3 heteroatoms. The van der Waals surface area contributed by atoms with Crippen LogP contribution in [0.5, 0.6) is 0 Å². The van der Waals surface area contributed by atoms with Crippen molar-refractivity contribution in [3.05, 3.63) is 29.6 Å². The van der Waals surface area contributed by atoms with Crippen LogP contribution in [-0.4, -0.2) is 30.8 Å². The van der Waals surface area contributed by atoms with E-state index in [2.05, 4.69) is 23.3 Å². The zero-order chi connectivity index (χ0) is 12.1. The maximum Gasteiger partial charge on any atom is 0.0626 e. The second-order valence-corrected chi connectivity index (χ2v) is 4.52. The van der Waals surface area contributed by atoms with Crippen molar-refractivity contribution in [3.8, 4) is 0 Å². The van der Waals surface area contributed by atoms with Gasteiger partial charge in [-0.3, -0.25) is 4.98 Å². The van der Waals surface area contributed by atoms with E-state index in [-0.39, 0.29) is 0 Å². The van der Waals surface area contributed by atoms with E-state index >= 15 is 0 Å².